The van der Waals surface area contributed by atoms with Gasteiger partial charge in [0.1, 0.15) is 5.82 Å². The van der Waals surface area contributed by atoms with Crippen molar-refractivity contribution >= 4 is 0 Å². The zero-order chi connectivity index (χ0) is 11.0. The molecule has 82 valence electrons. The average Bonchev–Trinajstić information content (AvgIpc) is 2.75. The van der Waals surface area contributed by atoms with Crippen molar-refractivity contribution in [1.29, 1.82) is 0 Å². The van der Waals surface area contributed by atoms with Crippen LogP contribution in [0.15, 0.2) is 24.3 Å². The summed E-state index contributed by atoms with van der Waals surface area (Å²) in [7, 11) is 0. The van der Waals surface area contributed by atoms with Gasteiger partial charge in [-0.25, -0.2) is 4.98 Å². The van der Waals surface area contributed by atoms with E-state index < -0.39 is 0 Å². The molecule has 2 N–H and O–H groups in total. The number of fused-ring (bicyclic) bond motifs is 1. The van der Waals surface area contributed by atoms with Crippen molar-refractivity contribution in [2.45, 2.75) is 19.4 Å². The maximum Gasteiger partial charge on any atom is 0.159 e. The number of benzene rings is 1. The van der Waals surface area contributed by atoms with Crippen molar-refractivity contribution in [2.24, 2.45) is 0 Å². The van der Waals surface area contributed by atoms with Crippen LogP contribution >= 0.6 is 0 Å². The minimum Gasteiger partial charge on any atom is -0.312 e. The maximum atomic E-state index is 4.43. The zero-order valence-corrected chi connectivity index (χ0v) is 9.20. The van der Waals surface area contributed by atoms with Crippen LogP contribution in [0.4, 0.5) is 0 Å². The van der Waals surface area contributed by atoms with Crippen molar-refractivity contribution in [3.63, 3.8) is 0 Å². The van der Waals surface area contributed by atoms with E-state index in [9.17, 15) is 0 Å². The number of hydrogen-bond donors (Lipinski definition) is 2. The Bertz CT molecular complexity index is 503. The lowest BCUT2D eigenvalue weighted by Crippen LogP contribution is -2.29. The second-order valence-corrected chi connectivity index (χ2v) is 4.16. The van der Waals surface area contributed by atoms with Crippen LogP contribution in [0.5, 0.6) is 0 Å². The van der Waals surface area contributed by atoms with Gasteiger partial charge in [0, 0.05) is 13.1 Å². The third-order valence-corrected chi connectivity index (χ3v) is 3.02. The van der Waals surface area contributed by atoms with Crippen LogP contribution in [0.2, 0.25) is 0 Å². The molecule has 0 fully saturated rings. The summed E-state index contributed by atoms with van der Waals surface area (Å²) in [6.07, 6.45) is 0. The Balaban J connectivity index is 2.04. The molecule has 1 aromatic carbocycles. The number of aromatic nitrogens is 3. The van der Waals surface area contributed by atoms with Gasteiger partial charge in [-0.1, -0.05) is 24.3 Å². The average molecular weight is 214 g/mol. The molecule has 16 heavy (non-hydrogen) atoms. The lowest BCUT2D eigenvalue weighted by Gasteiger charge is -2.24. The van der Waals surface area contributed by atoms with Crippen molar-refractivity contribution < 1.29 is 0 Å². The lowest BCUT2D eigenvalue weighted by molar-refractivity contribution is 0.573. The monoisotopic (exact) mass is 214 g/mol. The molecular weight excluding hydrogens is 200 g/mol. The molecule has 3 rings (SSSR count). The summed E-state index contributed by atoms with van der Waals surface area (Å²) in [5.41, 5.74) is 2.70. The summed E-state index contributed by atoms with van der Waals surface area (Å²) >= 11 is 0. The first-order chi connectivity index (χ1) is 7.84. The first-order valence-electron chi connectivity index (χ1n) is 5.52. The number of rotatable bonds is 1. The van der Waals surface area contributed by atoms with E-state index in [1.54, 1.807) is 0 Å². The molecule has 4 heteroatoms. The topological polar surface area (TPSA) is 53.6 Å². The Morgan fingerprint density at radius 1 is 1.31 bits per heavy atom. The van der Waals surface area contributed by atoms with Crippen molar-refractivity contribution in [3.05, 3.63) is 47.0 Å². The highest BCUT2D eigenvalue weighted by Crippen LogP contribution is 2.27. The summed E-state index contributed by atoms with van der Waals surface area (Å²) in [5.74, 6) is 2.03. The standard InChI is InChI=1S/C12H14N4/c1-8-14-12(16-15-8)11-7-13-6-9-4-2-3-5-10(9)11/h2-5,11,13H,6-7H2,1H3,(H,14,15,16). The molecule has 0 amide bonds. The molecule has 1 aromatic heterocycles. The van der Waals surface area contributed by atoms with Crippen LogP contribution in [-0.4, -0.2) is 21.7 Å². The SMILES string of the molecule is Cc1nc(C2CNCc3ccccc32)n[nH]1. The van der Waals surface area contributed by atoms with E-state index in [1.165, 1.54) is 11.1 Å². The van der Waals surface area contributed by atoms with E-state index in [4.69, 9.17) is 0 Å². The number of aryl methyl sites for hydroxylation is 1. The van der Waals surface area contributed by atoms with Crippen LogP contribution in [0.25, 0.3) is 0 Å². The Hall–Kier alpha value is -1.68. The van der Waals surface area contributed by atoms with Gasteiger partial charge in [0.2, 0.25) is 0 Å². The molecule has 4 nitrogen and oxygen atoms in total. The van der Waals surface area contributed by atoms with Crippen molar-refractivity contribution in [3.8, 4) is 0 Å². The number of nitrogens with one attached hydrogen (secondary N) is 2. The van der Waals surface area contributed by atoms with Gasteiger partial charge in [-0.3, -0.25) is 5.10 Å². The van der Waals surface area contributed by atoms with Crippen LogP contribution in [0.1, 0.15) is 28.7 Å². The summed E-state index contributed by atoms with van der Waals surface area (Å²) in [6, 6.07) is 8.49. The highest BCUT2D eigenvalue weighted by atomic mass is 15.2. The van der Waals surface area contributed by atoms with E-state index in [1.807, 2.05) is 6.92 Å². The lowest BCUT2D eigenvalue weighted by atomic mass is 9.90. The number of hydrogen-bond acceptors (Lipinski definition) is 3. The molecule has 0 aliphatic carbocycles. The fraction of sp³-hybridized carbons (Fsp3) is 0.333. The molecule has 0 spiro atoms. The summed E-state index contributed by atoms with van der Waals surface area (Å²) < 4.78 is 0. The Morgan fingerprint density at radius 2 is 2.19 bits per heavy atom. The minimum atomic E-state index is 0.273. The number of H-pyrrole nitrogens is 1. The van der Waals surface area contributed by atoms with Crippen LogP contribution in [0, 0.1) is 6.92 Å². The van der Waals surface area contributed by atoms with Crippen LogP contribution in [-0.2, 0) is 6.54 Å². The molecule has 1 unspecified atom stereocenters. The highest BCUT2D eigenvalue weighted by molar-refractivity contribution is 5.36. The molecule has 2 aromatic rings. The molecule has 0 radical (unpaired) electrons. The fourth-order valence-corrected chi connectivity index (χ4v) is 2.24. The van der Waals surface area contributed by atoms with Gasteiger partial charge >= 0.3 is 0 Å². The fourth-order valence-electron chi connectivity index (χ4n) is 2.24. The first kappa shape index (κ1) is 9.54. The predicted octanol–water partition coefficient (Wildman–Crippen LogP) is 1.35. The normalized spacial score (nSPS) is 19.4. The van der Waals surface area contributed by atoms with E-state index in [0.29, 0.717) is 0 Å². The van der Waals surface area contributed by atoms with E-state index in [2.05, 4.69) is 44.8 Å². The second-order valence-electron chi connectivity index (χ2n) is 4.16. The largest absolute Gasteiger partial charge is 0.312 e. The third-order valence-electron chi connectivity index (χ3n) is 3.02. The Morgan fingerprint density at radius 3 is 3.00 bits per heavy atom. The van der Waals surface area contributed by atoms with E-state index in [-0.39, 0.29) is 5.92 Å². The first-order valence-corrected chi connectivity index (χ1v) is 5.52. The minimum absolute atomic E-state index is 0.273. The molecule has 0 saturated carbocycles. The van der Waals surface area contributed by atoms with Crippen LogP contribution < -0.4 is 5.32 Å². The molecule has 1 atom stereocenters. The van der Waals surface area contributed by atoms with E-state index >= 15 is 0 Å². The molecule has 1 aliphatic rings. The van der Waals surface area contributed by atoms with Crippen molar-refractivity contribution in [1.82, 2.24) is 20.5 Å². The van der Waals surface area contributed by atoms with Gasteiger partial charge in [0.25, 0.3) is 0 Å². The Labute approximate surface area is 94.1 Å². The quantitative estimate of drug-likeness (QED) is 0.753. The van der Waals surface area contributed by atoms with Gasteiger partial charge in [-0.05, 0) is 18.1 Å². The van der Waals surface area contributed by atoms with Gasteiger partial charge in [-0.15, -0.1) is 0 Å². The molecule has 1 aliphatic heterocycles. The number of aromatic amines is 1. The summed E-state index contributed by atoms with van der Waals surface area (Å²) in [5, 5.41) is 10.6. The van der Waals surface area contributed by atoms with Crippen LogP contribution in [0.3, 0.4) is 0 Å². The summed E-state index contributed by atoms with van der Waals surface area (Å²) in [6.45, 7) is 3.78. The molecule has 0 saturated heterocycles. The second kappa shape index (κ2) is 3.72. The Kier molecular flexibility index (Phi) is 2.22. The third kappa shape index (κ3) is 1.51. The van der Waals surface area contributed by atoms with E-state index in [0.717, 1.165) is 24.7 Å². The van der Waals surface area contributed by atoms with Crippen molar-refractivity contribution in [2.75, 3.05) is 6.54 Å². The highest BCUT2D eigenvalue weighted by Gasteiger charge is 2.23. The smallest absolute Gasteiger partial charge is 0.159 e. The van der Waals surface area contributed by atoms with Gasteiger partial charge in [0.05, 0.1) is 5.92 Å². The van der Waals surface area contributed by atoms with Gasteiger partial charge in [0.15, 0.2) is 5.82 Å². The predicted molar refractivity (Wildman–Crippen MR) is 61.1 cm³/mol. The molecular formula is C12H14N4. The number of nitrogens with zero attached hydrogens (tertiary/aromatic N) is 2. The van der Waals surface area contributed by atoms with Gasteiger partial charge < -0.3 is 5.32 Å². The zero-order valence-electron chi connectivity index (χ0n) is 9.20. The molecule has 0 bridgehead atoms. The van der Waals surface area contributed by atoms with Gasteiger partial charge in [-0.2, -0.15) is 5.10 Å². The maximum absolute atomic E-state index is 4.43. The molecule has 2 heterocycles. The summed E-state index contributed by atoms with van der Waals surface area (Å²) in [4.78, 5) is 4.43.